The number of hydrogen-bond acceptors (Lipinski definition) is 5. The van der Waals surface area contributed by atoms with E-state index in [2.05, 4.69) is 4.37 Å². The van der Waals surface area contributed by atoms with Gasteiger partial charge in [0.25, 0.3) is 0 Å². The summed E-state index contributed by atoms with van der Waals surface area (Å²) in [5, 5.41) is 10.7. The van der Waals surface area contributed by atoms with Crippen molar-refractivity contribution in [2.45, 2.75) is 4.90 Å². The van der Waals surface area contributed by atoms with Crippen molar-refractivity contribution < 1.29 is 0 Å². The standard InChI is InChI=1S/C4H3N3S2/c5-2-8-3-1-7-9-4(3)6/h1H,6H2. The number of nitrogens with zero attached hydrogens (tertiary/aromatic N) is 2. The van der Waals surface area contributed by atoms with Crippen LogP contribution in [-0.2, 0) is 0 Å². The molecular weight excluding hydrogens is 154 g/mol. The van der Waals surface area contributed by atoms with E-state index in [4.69, 9.17) is 11.0 Å². The summed E-state index contributed by atoms with van der Waals surface area (Å²) in [5.74, 6) is 0. The topological polar surface area (TPSA) is 62.7 Å². The van der Waals surface area contributed by atoms with Crippen LogP contribution < -0.4 is 5.73 Å². The Balaban J connectivity index is 2.84. The fourth-order valence-electron chi connectivity index (χ4n) is 0.365. The minimum absolute atomic E-state index is 0.613. The van der Waals surface area contributed by atoms with Crippen LogP contribution in [0.25, 0.3) is 0 Å². The Morgan fingerprint density at radius 1 is 1.89 bits per heavy atom. The Labute approximate surface area is 60.7 Å². The lowest BCUT2D eigenvalue weighted by molar-refractivity contribution is 1.45. The van der Waals surface area contributed by atoms with Gasteiger partial charge in [0, 0.05) is 0 Å². The van der Waals surface area contributed by atoms with E-state index in [1.807, 2.05) is 5.40 Å². The van der Waals surface area contributed by atoms with Crippen LogP contribution in [-0.4, -0.2) is 4.37 Å². The lowest BCUT2D eigenvalue weighted by Crippen LogP contribution is -1.78. The third-order valence-corrected chi connectivity index (χ3v) is 2.11. The quantitative estimate of drug-likeness (QED) is 0.493. The average molecular weight is 157 g/mol. The van der Waals surface area contributed by atoms with Crippen LogP contribution in [0.3, 0.4) is 0 Å². The van der Waals surface area contributed by atoms with Gasteiger partial charge in [0.2, 0.25) is 0 Å². The van der Waals surface area contributed by atoms with Crippen molar-refractivity contribution in [2.75, 3.05) is 5.73 Å². The minimum atomic E-state index is 0.613. The van der Waals surface area contributed by atoms with E-state index in [1.54, 1.807) is 6.20 Å². The van der Waals surface area contributed by atoms with Crippen molar-refractivity contribution >= 4 is 28.3 Å². The van der Waals surface area contributed by atoms with Gasteiger partial charge < -0.3 is 5.73 Å². The van der Waals surface area contributed by atoms with Crippen molar-refractivity contribution in [3.05, 3.63) is 6.20 Å². The number of aromatic nitrogens is 1. The minimum Gasteiger partial charge on any atom is -0.388 e. The molecule has 0 aromatic carbocycles. The first-order valence-electron chi connectivity index (χ1n) is 2.10. The second-order valence-electron chi connectivity index (χ2n) is 1.25. The number of hydrogen-bond donors (Lipinski definition) is 1. The molecule has 0 bridgehead atoms. The molecule has 9 heavy (non-hydrogen) atoms. The van der Waals surface area contributed by atoms with Gasteiger partial charge in [-0.05, 0) is 23.3 Å². The molecule has 0 saturated heterocycles. The zero-order valence-corrected chi connectivity index (χ0v) is 6.00. The van der Waals surface area contributed by atoms with Crippen molar-refractivity contribution in [1.29, 1.82) is 5.26 Å². The Bertz CT molecular complexity index is 236. The summed E-state index contributed by atoms with van der Waals surface area (Å²) < 4.78 is 3.79. The predicted molar refractivity (Wildman–Crippen MR) is 38.0 cm³/mol. The molecule has 0 fully saturated rings. The number of nitrogen functional groups attached to an aromatic ring is 1. The molecule has 0 aliphatic rings. The maximum absolute atomic E-state index is 8.20. The Morgan fingerprint density at radius 3 is 3.11 bits per heavy atom. The molecule has 2 N–H and O–H groups in total. The maximum Gasteiger partial charge on any atom is 0.138 e. The molecule has 3 nitrogen and oxygen atoms in total. The van der Waals surface area contributed by atoms with E-state index in [0.29, 0.717) is 5.00 Å². The number of nitrogens with two attached hydrogens (primary N) is 1. The molecule has 0 aliphatic heterocycles. The van der Waals surface area contributed by atoms with Gasteiger partial charge in [0.1, 0.15) is 10.4 Å². The lowest BCUT2D eigenvalue weighted by Gasteiger charge is -1.83. The number of thioether (sulfide) groups is 1. The predicted octanol–water partition coefficient (Wildman–Crippen LogP) is 1.30. The second-order valence-corrected chi connectivity index (χ2v) is 2.91. The molecule has 0 spiro atoms. The first-order valence-corrected chi connectivity index (χ1v) is 3.69. The molecule has 1 aromatic rings. The van der Waals surface area contributed by atoms with Gasteiger partial charge in [-0.15, -0.1) is 0 Å². The molecular formula is C4H3N3S2. The van der Waals surface area contributed by atoms with Crippen LogP contribution in [0.2, 0.25) is 0 Å². The first-order chi connectivity index (χ1) is 4.34. The summed E-state index contributed by atoms with van der Waals surface area (Å²) in [5.41, 5.74) is 5.41. The molecule has 0 atom stereocenters. The van der Waals surface area contributed by atoms with Gasteiger partial charge in [-0.2, -0.15) is 9.64 Å². The van der Waals surface area contributed by atoms with Crippen molar-refractivity contribution in [1.82, 2.24) is 4.37 Å². The molecule has 0 amide bonds. The van der Waals surface area contributed by atoms with E-state index in [9.17, 15) is 0 Å². The van der Waals surface area contributed by atoms with Crippen molar-refractivity contribution in [3.63, 3.8) is 0 Å². The van der Waals surface area contributed by atoms with Crippen LogP contribution in [0.1, 0.15) is 0 Å². The summed E-state index contributed by atoms with van der Waals surface area (Å²) in [6.45, 7) is 0. The first kappa shape index (κ1) is 6.39. The van der Waals surface area contributed by atoms with Crippen LogP contribution >= 0.6 is 23.3 Å². The fourth-order valence-corrected chi connectivity index (χ4v) is 1.39. The van der Waals surface area contributed by atoms with Gasteiger partial charge in [0.05, 0.1) is 11.1 Å². The number of nitriles is 1. The number of thiocyanates is 1. The Hall–Kier alpha value is -0.730. The fraction of sp³-hybridized carbons (Fsp3) is 0. The van der Waals surface area contributed by atoms with Crippen LogP contribution in [0, 0.1) is 10.7 Å². The highest BCUT2D eigenvalue weighted by Crippen LogP contribution is 2.25. The zero-order chi connectivity index (χ0) is 6.69. The SMILES string of the molecule is N#CSc1cnsc1N. The van der Waals surface area contributed by atoms with Gasteiger partial charge in [-0.3, -0.25) is 0 Å². The van der Waals surface area contributed by atoms with Gasteiger partial charge in [0.15, 0.2) is 0 Å². The second kappa shape index (κ2) is 2.71. The summed E-state index contributed by atoms with van der Waals surface area (Å²) in [4.78, 5) is 0.752. The highest BCUT2D eigenvalue weighted by Gasteiger charge is 1.99. The Morgan fingerprint density at radius 2 is 2.67 bits per heavy atom. The molecule has 5 heteroatoms. The van der Waals surface area contributed by atoms with Crippen molar-refractivity contribution in [2.24, 2.45) is 0 Å². The normalized spacial score (nSPS) is 8.78. The number of rotatable bonds is 1. The summed E-state index contributed by atoms with van der Waals surface area (Å²) in [6, 6.07) is 0. The molecule has 1 aromatic heterocycles. The van der Waals surface area contributed by atoms with Gasteiger partial charge >= 0.3 is 0 Å². The highest BCUT2D eigenvalue weighted by molar-refractivity contribution is 8.04. The molecule has 0 radical (unpaired) electrons. The molecule has 0 aliphatic carbocycles. The van der Waals surface area contributed by atoms with Crippen LogP contribution in [0.4, 0.5) is 5.00 Å². The third kappa shape index (κ3) is 1.34. The van der Waals surface area contributed by atoms with Crippen molar-refractivity contribution in [3.8, 4) is 5.40 Å². The summed E-state index contributed by atoms with van der Waals surface area (Å²) in [6.07, 6.45) is 1.59. The largest absolute Gasteiger partial charge is 0.388 e. The van der Waals surface area contributed by atoms with Crippen LogP contribution in [0.15, 0.2) is 11.1 Å². The molecule has 0 unspecified atom stereocenters. The van der Waals surface area contributed by atoms with Crippen LogP contribution in [0.5, 0.6) is 0 Å². The van der Waals surface area contributed by atoms with E-state index >= 15 is 0 Å². The van der Waals surface area contributed by atoms with E-state index in [1.165, 1.54) is 11.5 Å². The lowest BCUT2D eigenvalue weighted by atomic mass is 10.7. The Kier molecular flexibility index (Phi) is 1.92. The molecule has 46 valence electrons. The molecule has 1 rings (SSSR count). The number of anilines is 1. The zero-order valence-electron chi connectivity index (χ0n) is 4.37. The monoisotopic (exact) mass is 157 g/mol. The van der Waals surface area contributed by atoms with E-state index in [0.717, 1.165) is 16.7 Å². The third-order valence-electron chi connectivity index (χ3n) is 0.719. The highest BCUT2D eigenvalue weighted by atomic mass is 32.2. The van der Waals surface area contributed by atoms with Gasteiger partial charge in [-0.1, -0.05) is 0 Å². The summed E-state index contributed by atoms with van der Waals surface area (Å²) in [7, 11) is 0. The van der Waals surface area contributed by atoms with E-state index in [-0.39, 0.29) is 0 Å². The maximum atomic E-state index is 8.20. The average Bonchev–Trinajstić information content (AvgIpc) is 2.18. The molecule has 0 saturated carbocycles. The van der Waals surface area contributed by atoms with E-state index < -0.39 is 0 Å². The molecule has 1 heterocycles. The smallest absolute Gasteiger partial charge is 0.138 e. The summed E-state index contributed by atoms with van der Waals surface area (Å²) >= 11 is 2.24. The van der Waals surface area contributed by atoms with Gasteiger partial charge in [-0.25, -0.2) is 0 Å².